The molecule has 102 valence electrons. The van der Waals surface area contributed by atoms with Crippen LogP contribution in [-0.2, 0) is 16.0 Å². The summed E-state index contributed by atoms with van der Waals surface area (Å²) in [5, 5.41) is 8.93. The highest BCUT2D eigenvalue weighted by molar-refractivity contribution is 5.93. The van der Waals surface area contributed by atoms with E-state index in [4.69, 9.17) is 9.84 Å². The van der Waals surface area contributed by atoms with Crippen molar-refractivity contribution in [2.24, 2.45) is 0 Å². The van der Waals surface area contributed by atoms with Crippen molar-refractivity contribution < 1.29 is 19.4 Å². The second kappa shape index (κ2) is 5.30. The highest BCUT2D eigenvalue weighted by Gasteiger charge is 2.37. The topological polar surface area (TPSA) is 66.8 Å². The number of hydrogen-bond acceptors (Lipinski definition) is 3. The number of carboxylic acid groups (broad SMARTS) is 1. The van der Waals surface area contributed by atoms with E-state index in [1.807, 2.05) is 32.0 Å². The molecule has 0 aromatic heterocycles. The first kappa shape index (κ1) is 13.4. The number of aryl methyl sites for hydroxylation is 2. The number of carboxylic acids is 1. The van der Waals surface area contributed by atoms with Gasteiger partial charge in [0.05, 0.1) is 18.2 Å². The van der Waals surface area contributed by atoms with E-state index in [1.165, 1.54) is 4.90 Å². The van der Waals surface area contributed by atoms with Crippen molar-refractivity contribution in [1.82, 2.24) is 0 Å². The fourth-order valence-electron chi connectivity index (χ4n) is 2.44. The first-order chi connectivity index (χ1) is 9.04. The highest BCUT2D eigenvalue weighted by Crippen LogP contribution is 2.31. The van der Waals surface area contributed by atoms with E-state index in [0.29, 0.717) is 0 Å². The zero-order valence-corrected chi connectivity index (χ0v) is 11.0. The van der Waals surface area contributed by atoms with Gasteiger partial charge in [0.15, 0.2) is 0 Å². The van der Waals surface area contributed by atoms with Crippen LogP contribution in [0.3, 0.4) is 0 Å². The Labute approximate surface area is 111 Å². The maximum Gasteiger partial charge on any atom is 0.414 e. The molecule has 1 aliphatic heterocycles. The normalized spacial score (nSPS) is 18.5. The van der Waals surface area contributed by atoms with Crippen LogP contribution in [0.2, 0.25) is 0 Å². The van der Waals surface area contributed by atoms with Crippen molar-refractivity contribution in [3.8, 4) is 0 Å². The van der Waals surface area contributed by atoms with E-state index in [9.17, 15) is 9.59 Å². The number of para-hydroxylation sites is 1. The van der Waals surface area contributed by atoms with Crippen LogP contribution < -0.4 is 4.90 Å². The van der Waals surface area contributed by atoms with E-state index >= 15 is 0 Å². The van der Waals surface area contributed by atoms with Gasteiger partial charge in [-0.25, -0.2) is 4.79 Å². The summed E-state index contributed by atoms with van der Waals surface area (Å²) in [6.45, 7) is 4.05. The van der Waals surface area contributed by atoms with Gasteiger partial charge < -0.3 is 9.84 Å². The summed E-state index contributed by atoms with van der Waals surface area (Å²) in [6.07, 6.45) is 0.208. The number of ether oxygens (including phenoxy) is 1. The Balaban J connectivity index is 2.43. The number of anilines is 1. The van der Waals surface area contributed by atoms with Crippen LogP contribution in [-0.4, -0.2) is 29.8 Å². The molecule has 1 fully saturated rings. The minimum absolute atomic E-state index is 0.108. The van der Waals surface area contributed by atoms with Crippen molar-refractivity contribution in [1.29, 1.82) is 0 Å². The van der Waals surface area contributed by atoms with E-state index in [2.05, 4.69) is 0 Å². The Bertz CT molecular complexity index is 512. The Morgan fingerprint density at radius 2 is 2.26 bits per heavy atom. The molecule has 1 N–H and O–H groups in total. The molecule has 1 atom stereocenters. The van der Waals surface area contributed by atoms with Crippen LogP contribution in [0, 0.1) is 6.92 Å². The number of carbonyl (C=O) groups excluding carboxylic acids is 1. The zero-order valence-electron chi connectivity index (χ0n) is 11.0. The number of amides is 1. The molecule has 1 amide bonds. The Kier molecular flexibility index (Phi) is 3.74. The van der Waals surface area contributed by atoms with Crippen molar-refractivity contribution in [2.75, 3.05) is 11.5 Å². The van der Waals surface area contributed by atoms with E-state index in [1.54, 1.807) is 0 Å². The van der Waals surface area contributed by atoms with Gasteiger partial charge in [-0.3, -0.25) is 9.69 Å². The number of hydrogen-bond donors (Lipinski definition) is 1. The molecule has 1 aromatic rings. The van der Waals surface area contributed by atoms with Gasteiger partial charge in [0.2, 0.25) is 0 Å². The molecular formula is C14H17NO4. The van der Waals surface area contributed by atoms with Crippen LogP contribution in [0.1, 0.15) is 24.5 Å². The Morgan fingerprint density at radius 1 is 1.53 bits per heavy atom. The van der Waals surface area contributed by atoms with Gasteiger partial charge >= 0.3 is 12.1 Å². The summed E-state index contributed by atoms with van der Waals surface area (Å²) in [5.41, 5.74) is 2.77. The number of rotatable bonds is 4. The first-order valence-electron chi connectivity index (χ1n) is 6.30. The summed E-state index contributed by atoms with van der Waals surface area (Å²) < 4.78 is 5.01. The van der Waals surface area contributed by atoms with Gasteiger partial charge in [0.1, 0.15) is 6.61 Å². The highest BCUT2D eigenvalue weighted by atomic mass is 16.6. The van der Waals surface area contributed by atoms with Crippen molar-refractivity contribution >= 4 is 17.7 Å². The van der Waals surface area contributed by atoms with Gasteiger partial charge in [-0.1, -0.05) is 25.1 Å². The molecule has 1 heterocycles. The molecule has 1 aliphatic rings. The maximum absolute atomic E-state index is 11.9. The molecule has 5 heteroatoms. The third kappa shape index (κ3) is 2.54. The van der Waals surface area contributed by atoms with E-state index < -0.39 is 18.1 Å². The largest absolute Gasteiger partial charge is 0.481 e. The minimum atomic E-state index is -0.931. The molecule has 0 spiro atoms. The van der Waals surface area contributed by atoms with Crippen LogP contribution in [0.25, 0.3) is 0 Å². The predicted molar refractivity (Wildman–Crippen MR) is 70.4 cm³/mol. The molecule has 0 radical (unpaired) electrons. The second-order valence-corrected chi connectivity index (χ2v) is 4.63. The lowest BCUT2D eigenvalue weighted by molar-refractivity contribution is -0.137. The summed E-state index contributed by atoms with van der Waals surface area (Å²) in [6, 6.07) is 5.37. The van der Waals surface area contributed by atoms with Crippen molar-refractivity contribution in [3.63, 3.8) is 0 Å². The fraction of sp³-hybridized carbons (Fsp3) is 0.429. The van der Waals surface area contributed by atoms with Crippen molar-refractivity contribution in [2.45, 2.75) is 32.7 Å². The molecule has 2 rings (SSSR count). The number of nitrogens with zero attached hydrogens (tertiary/aromatic N) is 1. The molecule has 0 saturated carbocycles. The number of carbonyl (C=O) groups is 2. The molecular weight excluding hydrogens is 246 g/mol. The quantitative estimate of drug-likeness (QED) is 0.905. The van der Waals surface area contributed by atoms with Crippen LogP contribution in [0.15, 0.2) is 18.2 Å². The van der Waals surface area contributed by atoms with Gasteiger partial charge in [-0.15, -0.1) is 0 Å². The Hall–Kier alpha value is -2.04. The monoisotopic (exact) mass is 263 g/mol. The summed E-state index contributed by atoms with van der Waals surface area (Å²) >= 11 is 0. The van der Waals surface area contributed by atoms with Gasteiger partial charge in [0.25, 0.3) is 0 Å². The molecule has 1 aromatic carbocycles. The second-order valence-electron chi connectivity index (χ2n) is 4.63. The lowest BCUT2D eigenvalue weighted by atomic mass is 10.0. The van der Waals surface area contributed by atoms with Crippen LogP contribution in [0.4, 0.5) is 10.5 Å². The smallest absolute Gasteiger partial charge is 0.414 e. The van der Waals surface area contributed by atoms with Gasteiger partial charge in [-0.05, 0) is 24.5 Å². The average Bonchev–Trinajstić information content (AvgIpc) is 2.69. The fourth-order valence-corrected chi connectivity index (χ4v) is 2.44. The molecule has 5 nitrogen and oxygen atoms in total. The van der Waals surface area contributed by atoms with Crippen molar-refractivity contribution in [3.05, 3.63) is 29.3 Å². The first-order valence-corrected chi connectivity index (χ1v) is 6.30. The summed E-state index contributed by atoms with van der Waals surface area (Å²) in [4.78, 5) is 24.3. The SMILES string of the molecule is CCc1cccc(C)c1N1C(=O)OCC1CC(=O)O. The zero-order chi connectivity index (χ0) is 14.0. The average molecular weight is 263 g/mol. The third-order valence-electron chi connectivity index (χ3n) is 3.31. The molecule has 1 saturated heterocycles. The van der Waals surface area contributed by atoms with Crippen LogP contribution in [0.5, 0.6) is 0 Å². The van der Waals surface area contributed by atoms with E-state index in [0.717, 1.165) is 23.2 Å². The number of aliphatic carboxylic acids is 1. The Morgan fingerprint density at radius 3 is 2.89 bits per heavy atom. The summed E-state index contributed by atoms with van der Waals surface area (Å²) in [5.74, 6) is -0.931. The lowest BCUT2D eigenvalue weighted by Gasteiger charge is -2.24. The standard InChI is InChI=1S/C14H17NO4/c1-3-10-6-4-5-9(2)13(10)15-11(7-12(16)17)8-19-14(15)18/h4-6,11H,3,7-8H2,1-2H3,(H,16,17). The predicted octanol–water partition coefficient (Wildman–Crippen LogP) is 2.36. The van der Waals surface area contributed by atoms with Gasteiger partial charge in [-0.2, -0.15) is 0 Å². The number of cyclic esters (lactones) is 1. The van der Waals surface area contributed by atoms with Crippen LogP contribution >= 0.6 is 0 Å². The lowest BCUT2D eigenvalue weighted by Crippen LogP contribution is -2.36. The van der Waals surface area contributed by atoms with E-state index in [-0.39, 0.29) is 13.0 Å². The number of benzene rings is 1. The summed E-state index contributed by atoms with van der Waals surface area (Å²) in [7, 11) is 0. The molecule has 0 aliphatic carbocycles. The maximum atomic E-state index is 11.9. The third-order valence-corrected chi connectivity index (χ3v) is 3.31. The minimum Gasteiger partial charge on any atom is -0.481 e. The molecule has 0 bridgehead atoms. The van der Waals surface area contributed by atoms with Gasteiger partial charge in [0, 0.05) is 0 Å². The molecule has 1 unspecified atom stereocenters. The molecule has 19 heavy (non-hydrogen) atoms.